The molecule has 0 fully saturated rings. The van der Waals surface area contributed by atoms with Crippen molar-refractivity contribution in [2.75, 3.05) is 26.8 Å². The van der Waals surface area contributed by atoms with Crippen LogP contribution in [0.4, 0.5) is 13.2 Å². The number of halogens is 3. The number of carbonyl (C=O) groups is 6. The summed E-state index contributed by atoms with van der Waals surface area (Å²) < 4.78 is 43.2. The summed E-state index contributed by atoms with van der Waals surface area (Å²) in [6.07, 6.45) is 2.93. The fourth-order valence-corrected chi connectivity index (χ4v) is 8.84. The molecule has 0 heterocycles. The average Bonchev–Trinajstić information content (AvgIpc) is 1.23. The maximum atomic E-state index is 12.8. The van der Waals surface area contributed by atoms with Crippen LogP contribution in [-0.4, -0.2) is 85.9 Å². The Balaban J connectivity index is 0.000000576. The molecule has 6 aromatic carbocycles. The summed E-state index contributed by atoms with van der Waals surface area (Å²) in [4.78, 5) is 68.9. The lowest BCUT2D eigenvalue weighted by molar-refractivity contribution is -0.126. The lowest BCUT2D eigenvalue weighted by Gasteiger charge is -2.27. The molecule has 528 valence electrons. The van der Waals surface area contributed by atoms with Crippen LogP contribution in [0.2, 0.25) is 0 Å². The highest BCUT2D eigenvalue weighted by Crippen LogP contribution is 2.17. The molecule has 16 heteroatoms. The topological polar surface area (TPSA) is 184 Å². The number of rotatable bonds is 26. The Labute approximate surface area is 574 Å². The molecular weight excluding hydrogens is 1210 g/mol. The Kier molecular flexibility index (Phi) is 42.0. The maximum absolute atomic E-state index is 12.8. The van der Waals surface area contributed by atoms with Crippen LogP contribution in [0.1, 0.15) is 170 Å². The fraction of sp³-hybridized carbons (Fsp3) is 0.475. The number of amides is 6. The van der Waals surface area contributed by atoms with E-state index in [0.29, 0.717) is 38.0 Å². The second-order valence-electron chi connectivity index (χ2n) is 27.0. The van der Waals surface area contributed by atoms with Crippen LogP contribution in [0.25, 0.3) is 0 Å². The molecule has 6 amide bonds. The quantitative estimate of drug-likeness (QED) is 0.0312. The molecule has 6 aromatic rings. The fourth-order valence-electron chi connectivity index (χ4n) is 8.84. The first kappa shape index (κ1) is 85.9. The van der Waals surface area contributed by atoms with Gasteiger partial charge in [-0.05, 0) is 135 Å². The standard InChI is InChI=1S/C14H20FNO.C14H21NO2.2C13H18FNO.2C13H19NO/c1-10(2)13(17)16-14(3,4)9-11-5-7-12(15)8-6-11;1-11(2)14(16)15-13(10-17-3)9-12-7-5-4-6-8-12;2*1-9(2)13(16)15-10(3)8-11-4-6-12(14)7-5-11;2*1-10(2)13(15)14-9-11(3)12-7-5-4-6-8-12/h5-8,10H,9H2,1-4H3,(H,16,17);4-8,11,13H,9-10H2,1-3H3,(H,15,16);2*4-7,9-10H,8H2,1-3H3,(H,15,16);2*4-8,10-11H,9H2,1-3H3,(H,14,15)/t;13-;2*10-;2*11-/m.01010/s1. The van der Waals surface area contributed by atoms with Gasteiger partial charge < -0.3 is 36.6 Å². The first-order valence-corrected chi connectivity index (χ1v) is 33.8. The molecule has 0 bridgehead atoms. The van der Waals surface area contributed by atoms with E-state index in [1.807, 2.05) is 165 Å². The van der Waals surface area contributed by atoms with Crippen molar-refractivity contribution in [3.05, 3.63) is 215 Å². The third-order valence-corrected chi connectivity index (χ3v) is 14.8. The minimum absolute atomic E-state index is 0.00401. The van der Waals surface area contributed by atoms with E-state index in [4.69, 9.17) is 4.74 Å². The zero-order valence-corrected chi connectivity index (χ0v) is 60.9. The monoisotopic (exact) mass is 1330 g/mol. The minimum atomic E-state index is -0.320. The molecule has 0 spiro atoms. The predicted molar refractivity (Wildman–Crippen MR) is 386 cm³/mol. The van der Waals surface area contributed by atoms with Crippen molar-refractivity contribution in [3.63, 3.8) is 0 Å². The van der Waals surface area contributed by atoms with Crippen LogP contribution in [-0.2, 0) is 59.2 Å². The summed E-state index contributed by atoms with van der Waals surface area (Å²) in [6, 6.07) is 49.9. The number of ether oxygens (including phenoxy) is 1. The Morgan fingerprint density at radius 3 is 0.969 bits per heavy atom. The largest absolute Gasteiger partial charge is 0.383 e. The van der Waals surface area contributed by atoms with Crippen LogP contribution in [0.5, 0.6) is 0 Å². The van der Waals surface area contributed by atoms with Gasteiger partial charge in [0, 0.05) is 73.3 Å². The molecule has 0 saturated carbocycles. The minimum Gasteiger partial charge on any atom is -0.383 e. The summed E-state index contributed by atoms with van der Waals surface area (Å²) in [7, 11) is 1.65. The van der Waals surface area contributed by atoms with Crippen LogP contribution in [0, 0.1) is 53.0 Å². The van der Waals surface area contributed by atoms with E-state index in [9.17, 15) is 41.9 Å². The van der Waals surface area contributed by atoms with E-state index in [-0.39, 0.29) is 112 Å². The molecule has 0 unspecified atom stereocenters. The number of hydrogen-bond acceptors (Lipinski definition) is 7. The second kappa shape index (κ2) is 46.9. The zero-order chi connectivity index (χ0) is 72.5. The molecule has 0 radical (unpaired) electrons. The van der Waals surface area contributed by atoms with Gasteiger partial charge in [-0.2, -0.15) is 0 Å². The van der Waals surface area contributed by atoms with Crippen LogP contribution >= 0.6 is 0 Å². The Bertz CT molecular complexity index is 2970. The Morgan fingerprint density at radius 1 is 0.365 bits per heavy atom. The van der Waals surface area contributed by atoms with Gasteiger partial charge >= 0.3 is 0 Å². The van der Waals surface area contributed by atoms with E-state index in [2.05, 4.69) is 82.1 Å². The van der Waals surface area contributed by atoms with Gasteiger partial charge in [-0.3, -0.25) is 28.8 Å². The summed E-state index contributed by atoms with van der Waals surface area (Å²) >= 11 is 0. The van der Waals surface area contributed by atoms with Crippen molar-refractivity contribution >= 4 is 35.4 Å². The molecule has 13 nitrogen and oxygen atoms in total. The second-order valence-corrected chi connectivity index (χ2v) is 27.0. The highest BCUT2D eigenvalue weighted by Gasteiger charge is 2.23. The predicted octanol–water partition coefficient (Wildman–Crippen LogP) is 15.1. The van der Waals surface area contributed by atoms with Gasteiger partial charge in [-0.15, -0.1) is 0 Å². The lowest BCUT2D eigenvalue weighted by atomic mass is 9.94. The number of methoxy groups -OCH3 is 1. The van der Waals surface area contributed by atoms with Crippen LogP contribution in [0.3, 0.4) is 0 Å². The summed E-state index contributed by atoms with van der Waals surface area (Å²) in [5.74, 6) is 0.589. The molecule has 6 N–H and O–H groups in total. The van der Waals surface area contributed by atoms with Crippen molar-refractivity contribution in [2.45, 2.75) is 186 Å². The van der Waals surface area contributed by atoms with Crippen molar-refractivity contribution in [1.29, 1.82) is 0 Å². The lowest BCUT2D eigenvalue weighted by Crippen LogP contribution is -2.46. The van der Waals surface area contributed by atoms with Gasteiger partial charge in [0.25, 0.3) is 0 Å². The molecule has 6 rings (SSSR count). The Hall–Kier alpha value is -8.11. The average molecular weight is 1330 g/mol. The van der Waals surface area contributed by atoms with Gasteiger partial charge in [0.2, 0.25) is 35.4 Å². The van der Waals surface area contributed by atoms with Gasteiger partial charge in [0.05, 0.1) is 12.6 Å². The van der Waals surface area contributed by atoms with E-state index >= 15 is 0 Å². The summed E-state index contributed by atoms with van der Waals surface area (Å²) in [5, 5.41) is 17.7. The first-order valence-electron chi connectivity index (χ1n) is 33.8. The molecule has 0 aliphatic carbocycles. The van der Waals surface area contributed by atoms with Crippen molar-refractivity contribution < 1.29 is 46.7 Å². The highest BCUT2D eigenvalue weighted by atomic mass is 19.1. The molecule has 5 atom stereocenters. The number of benzene rings is 6. The normalized spacial score (nSPS) is 12.4. The van der Waals surface area contributed by atoms with Crippen molar-refractivity contribution in [2.24, 2.45) is 35.5 Å². The van der Waals surface area contributed by atoms with E-state index < -0.39 is 0 Å². The van der Waals surface area contributed by atoms with Gasteiger partial charge in [0.1, 0.15) is 17.5 Å². The van der Waals surface area contributed by atoms with Gasteiger partial charge in [-0.1, -0.05) is 224 Å². The SMILES string of the molecule is CC(C)C(=O)NC(C)(C)Cc1ccc(F)cc1.CC(C)C(=O)NC[C@@H](C)c1ccccc1.CC(C)C(=O)NC[C@H](C)c1ccccc1.CC(C)C(=O)N[C@@H](C)Cc1ccc(F)cc1.CC(C)C(=O)N[C@H](C)Cc1ccc(F)cc1.COC[C@H](Cc1ccccc1)NC(=O)C(C)C. The van der Waals surface area contributed by atoms with Crippen LogP contribution < -0.4 is 31.9 Å². The molecule has 0 saturated heterocycles. The van der Waals surface area contributed by atoms with E-state index in [0.717, 1.165) is 36.0 Å². The smallest absolute Gasteiger partial charge is 0.222 e. The van der Waals surface area contributed by atoms with Gasteiger partial charge in [0.15, 0.2) is 0 Å². The highest BCUT2D eigenvalue weighted by molar-refractivity contribution is 5.80. The Morgan fingerprint density at radius 2 is 0.656 bits per heavy atom. The number of hydrogen-bond donors (Lipinski definition) is 6. The zero-order valence-electron chi connectivity index (χ0n) is 60.9. The van der Waals surface area contributed by atoms with Crippen molar-refractivity contribution in [1.82, 2.24) is 31.9 Å². The summed E-state index contributed by atoms with van der Waals surface area (Å²) in [5.41, 5.74) is 6.48. The van der Waals surface area contributed by atoms with Gasteiger partial charge in [-0.25, -0.2) is 13.2 Å². The molecule has 0 aliphatic rings. The molecular formula is C80H115F3N6O7. The van der Waals surface area contributed by atoms with Crippen molar-refractivity contribution in [3.8, 4) is 0 Å². The summed E-state index contributed by atoms with van der Waals surface area (Å²) in [6.45, 7) is 36.6. The number of carbonyl (C=O) groups excluding carboxylic acids is 6. The van der Waals surface area contributed by atoms with E-state index in [1.54, 1.807) is 43.5 Å². The first-order chi connectivity index (χ1) is 45.1. The third-order valence-electron chi connectivity index (χ3n) is 14.8. The van der Waals surface area contributed by atoms with Crippen LogP contribution in [0.15, 0.2) is 164 Å². The molecule has 0 aromatic heterocycles. The molecule has 96 heavy (non-hydrogen) atoms. The maximum Gasteiger partial charge on any atom is 0.222 e. The van der Waals surface area contributed by atoms with E-state index in [1.165, 1.54) is 53.1 Å². The molecule has 0 aliphatic heterocycles. The number of nitrogens with one attached hydrogen (secondary N) is 6. The third kappa shape index (κ3) is 39.7.